The molecule has 0 aliphatic carbocycles. The molecule has 3 aromatic rings. The van der Waals surface area contributed by atoms with Crippen LogP contribution in [0.2, 0.25) is 0 Å². The van der Waals surface area contributed by atoms with E-state index in [1.54, 1.807) is 23.6 Å². The highest BCUT2D eigenvalue weighted by Gasteiger charge is 2.34. The van der Waals surface area contributed by atoms with Gasteiger partial charge in [0.2, 0.25) is 0 Å². The molecule has 9 heteroatoms. The Bertz CT molecular complexity index is 1060. The number of nitrogens with zero attached hydrogens (tertiary/aromatic N) is 2. The first-order valence-electron chi connectivity index (χ1n) is 8.15. The minimum atomic E-state index is -4.50. The van der Waals surface area contributed by atoms with Crippen LogP contribution in [0.25, 0.3) is 0 Å². The molecule has 4 rings (SSSR count). The molecule has 0 fully saturated rings. The maximum Gasteiger partial charge on any atom is 0.416 e. The highest BCUT2D eigenvalue weighted by Crippen LogP contribution is 2.36. The quantitative estimate of drug-likeness (QED) is 0.697. The van der Waals surface area contributed by atoms with Gasteiger partial charge in [0.1, 0.15) is 5.69 Å². The molecule has 1 aromatic heterocycles. The Morgan fingerprint density at radius 3 is 2.68 bits per heavy atom. The zero-order chi connectivity index (χ0) is 19.9. The van der Waals surface area contributed by atoms with Crippen molar-refractivity contribution in [3.05, 3.63) is 75.7 Å². The fraction of sp³-hybridized carbons (Fsp3) is 0.105. The Kier molecular flexibility index (Phi) is 4.38. The van der Waals surface area contributed by atoms with E-state index in [2.05, 4.69) is 10.3 Å². The van der Waals surface area contributed by atoms with Crippen molar-refractivity contribution in [3.63, 3.8) is 0 Å². The van der Waals surface area contributed by atoms with Gasteiger partial charge in [-0.1, -0.05) is 18.2 Å². The molecular formula is C19H12F3N3O2S. The highest BCUT2D eigenvalue weighted by molar-refractivity contribution is 7.07. The Hall–Kier alpha value is -3.20. The number of nitrogens with one attached hydrogen (secondary N) is 1. The number of benzene rings is 2. The Morgan fingerprint density at radius 1 is 1.18 bits per heavy atom. The fourth-order valence-electron chi connectivity index (χ4n) is 3.04. The molecule has 0 saturated carbocycles. The maximum absolute atomic E-state index is 13.0. The van der Waals surface area contributed by atoms with Gasteiger partial charge in [0.05, 0.1) is 28.9 Å². The first kappa shape index (κ1) is 18.2. The van der Waals surface area contributed by atoms with Crippen molar-refractivity contribution in [2.45, 2.75) is 12.7 Å². The van der Waals surface area contributed by atoms with Crippen LogP contribution in [-0.2, 0) is 12.7 Å². The number of hydrogen-bond donors (Lipinski definition) is 1. The second-order valence-electron chi connectivity index (χ2n) is 6.11. The minimum Gasteiger partial charge on any atom is -0.320 e. The van der Waals surface area contributed by atoms with E-state index in [1.807, 2.05) is 0 Å². The third-order valence-electron chi connectivity index (χ3n) is 4.34. The summed E-state index contributed by atoms with van der Waals surface area (Å²) in [6.45, 7) is 0.121. The summed E-state index contributed by atoms with van der Waals surface area (Å²) < 4.78 is 39.0. The number of anilines is 2. The van der Waals surface area contributed by atoms with E-state index in [0.29, 0.717) is 11.3 Å². The molecule has 1 N–H and O–H groups in total. The molecule has 1 aliphatic rings. The zero-order valence-corrected chi connectivity index (χ0v) is 15.0. The van der Waals surface area contributed by atoms with Gasteiger partial charge < -0.3 is 10.2 Å². The monoisotopic (exact) mass is 403 g/mol. The van der Waals surface area contributed by atoms with Crippen LogP contribution in [0.4, 0.5) is 24.5 Å². The molecule has 0 saturated heterocycles. The SMILES string of the molecule is O=C(Nc1cccc2c1C(=O)N(c1cccc(C(F)(F)F)c1)C2)c1cscn1. The summed E-state index contributed by atoms with van der Waals surface area (Å²) in [5, 5.41) is 4.24. The topological polar surface area (TPSA) is 62.3 Å². The van der Waals surface area contributed by atoms with Gasteiger partial charge in [0.25, 0.3) is 11.8 Å². The van der Waals surface area contributed by atoms with Crippen LogP contribution >= 0.6 is 11.3 Å². The van der Waals surface area contributed by atoms with Gasteiger partial charge in [-0.3, -0.25) is 9.59 Å². The standard InChI is InChI=1S/C19H12F3N3O2S/c20-19(21,22)12-4-2-5-13(7-12)25-8-11-3-1-6-14(16(11)18(25)27)24-17(26)15-9-28-10-23-15/h1-7,9-10H,8H2,(H,24,26). The van der Waals surface area contributed by atoms with E-state index < -0.39 is 23.6 Å². The normalized spacial score (nSPS) is 13.5. The van der Waals surface area contributed by atoms with Crippen LogP contribution in [0.15, 0.2) is 53.4 Å². The summed E-state index contributed by atoms with van der Waals surface area (Å²) in [5.41, 5.74) is 2.25. The summed E-state index contributed by atoms with van der Waals surface area (Å²) in [4.78, 5) is 30.4. The third kappa shape index (κ3) is 3.24. The number of halogens is 3. The first-order chi connectivity index (χ1) is 13.3. The molecule has 2 amide bonds. The van der Waals surface area contributed by atoms with Crippen molar-refractivity contribution in [1.29, 1.82) is 0 Å². The molecule has 0 radical (unpaired) electrons. The molecule has 0 bridgehead atoms. The number of carbonyl (C=O) groups is 2. The number of aromatic nitrogens is 1. The molecule has 0 atom stereocenters. The second-order valence-corrected chi connectivity index (χ2v) is 6.83. The lowest BCUT2D eigenvalue weighted by Gasteiger charge is -2.17. The average molecular weight is 403 g/mol. The van der Waals surface area contributed by atoms with E-state index in [0.717, 1.165) is 12.1 Å². The molecule has 5 nitrogen and oxygen atoms in total. The Morgan fingerprint density at radius 2 is 1.96 bits per heavy atom. The molecule has 2 heterocycles. The molecule has 0 spiro atoms. The lowest BCUT2D eigenvalue weighted by atomic mass is 10.1. The third-order valence-corrected chi connectivity index (χ3v) is 4.92. The van der Waals surface area contributed by atoms with Crippen molar-refractivity contribution in [1.82, 2.24) is 4.98 Å². The van der Waals surface area contributed by atoms with Crippen molar-refractivity contribution in [3.8, 4) is 0 Å². The number of fused-ring (bicyclic) bond motifs is 1. The zero-order valence-electron chi connectivity index (χ0n) is 14.2. The number of amides is 2. The predicted octanol–water partition coefficient (Wildman–Crippen LogP) is 4.57. The number of rotatable bonds is 3. The van der Waals surface area contributed by atoms with E-state index in [-0.39, 0.29) is 23.5 Å². The van der Waals surface area contributed by atoms with Gasteiger partial charge in [0.15, 0.2) is 0 Å². The summed E-state index contributed by atoms with van der Waals surface area (Å²) >= 11 is 1.27. The molecule has 2 aromatic carbocycles. The molecule has 142 valence electrons. The number of carbonyl (C=O) groups excluding carboxylic acids is 2. The summed E-state index contributed by atoms with van der Waals surface area (Å²) in [5.74, 6) is -0.927. The van der Waals surface area contributed by atoms with Crippen LogP contribution in [0.1, 0.15) is 32.0 Å². The van der Waals surface area contributed by atoms with Crippen molar-refractivity contribution in [2.75, 3.05) is 10.2 Å². The molecule has 1 aliphatic heterocycles. The van der Waals surface area contributed by atoms with Crippen molar-refractivity contribution < 1.29 is 22.8 Å². The predicted molar refractivity (Wildman–Crippen MR) is 98.5 cm³/mol. The Balaban J connectivity index is 1.65. The van der Waals surface area contributed by atoms with E-state index in [9.17, 15) is 22.8 Å². The van der Waals surface area contributed by atoms with Crippen LogP contribution < -0.4 is 10.2 Å². The van der Waals surface area contributed by atoms with E-state index >= 15 is 0 Å². The van der Waals surface area contributed by atoms with Gasteiger partial charge in [-0.05, 0) is 29.8 Å². The fourth-order valence-corrected chi connectivity index (χ4v) is 3.57. The summed E-state index contributed by atoms with van der Waals surface area (Å²) in [6.07, 6.45) is -4.50. The van der Waals surface area contributed by atoms with Gasteiger partial charge >= 0.3 is 6.18 Å². The Labute approximate surface area is 161 Å². The van der Waals surface area contributed by atoms with Crippen LogP contribution in [0, 0.1) is 0 Å². The summed E-state index contributed by atoms with van der Waals surface area (Å²) in [6, 6.07) is 9.58. The highest BCUT2D eigenvalue weighted by atomic mass is 32.1. The van der Waals surface area contributed by atoms with Crippen molar-refractivity contribution >= 4 is 34.5 Å². The first-order valence-corrected chi connectivity index (χ1v) is 9.09. The smallest absolute Gasteiger partial charge is 0.320 e. The van der Waals surface area contributed by atoms with Gasteiger partial charge in [0, 0.05) is 11.1 Å². The second kappa shape index (κ2) is 6.75. The van der Waals surface area contributed by atoms with E-state index in [4.69, 9.17) is 0 Å². The molecule has 28 heavy (non-hydrogen) atoms. The molecular weight excluding hydrogens is 391 g/mol. The number of alkyl halides is 3. The maximum atomic E-state index is 13.0. The number of thiazole rings is 1. The minimum absolute atomic E-state index is 0.121. The number of hydrogen-bond acceptors (Lipinski definition) is 4. The average Bonchev–Trinajstić information content (AvgIpc) is 3.30. The van der Waals surface area contributed by atoms with Crippen molar-refractivity contribution in [2.24, 2.45) is 0 Å². The van der Waals surface area contributed by atoms with Gasteiger partial charge in [-0.2, -0.15) is 13.2 Å². The van der Waals surface area contributed by atoms with Crippen LogP contribution in [-0.4, -0.2) is 16.8 Å². The van der Waals surface area contributed by atoms with Gasteiger partial charge in [-0.25, -0.2) is 4.98 Å². The lowest BCUT2D eigenvalue weighted by Crippen LogP contribution is -2.24. The molecule has 0 unspecified atom stereocenters. The van der Waals surface area contributed by atoms with Crippen LogP contribution in [0.3, 0.4) is 0 Å². The van der Waals surface area contributed by atoms with Gasteiger partial charge in [-0.15, -0.1) is 11.3 Å². The summed E-state index contributed by atoms with van der Waals surface area (Å²) in [7, 11) is 0. The van der Waals surface area contributed by atoms with E-state index in [1.165, 1.54) is 33.9 Å². The van der Waals surface area contributed by atoms with Crippen LogP contribution in [0.5, 0.6) is 0 Å². The lowest BCUT2D eigenvalue weighted by molar-refractivity contribution is -0.137. The largest absolute Gasteiger partial charge is 0.416 e.